The smallest absolute Gasteiger partial charge is 0.119 e. The molecular weight excluding hydrogens is 248 g/mol. The SMILES string of the molecule is CCN1CCCC(NCCc2cccc(OC)c2)CC1. The lowest BCUT2D eigenvalue weighted by molar-refractivity contribution is 0.297. The van der Waals surface area contributed by atoms with Crippen LogP contribution in [0.1, 0.15) is 31.7 Å². The molecule has 112 valence electrons. The van der Waals surface area contributed by atoms with Crippen LogP contribution in [0.4, 0.5) is 0 Å². The minimum atomic E-state index is 0.692. The van der Waals surface area contributed by atoms with Gasteiger partial charge in [-0.25, -0.2) is 0 Å². The number of rotatable bonds is 6. The molecule has 1 saturated heterocycles. The molecule has 1 aliphatic heterocycles. The summed E-state index contributed by atoms with van der Waals surface area (Å²) >= 11 is 0. The van der Waals surface area contributed by atoms with Crippen molar-refractivity contribution in [2.45, 2.75) is 38.6 Å². The van der Waals surface area contributed by atoms with Crippen LogP contribution in [0, 0.1) is 0 Å². The summed E-state index contributed by atoms with van der Waals surface area (Å²) in [6.45, 7) is 7.02. The maximum Gasteiger partial charge on any atom is 0.119 e. The molecule has 0 radical (unpaired) electrons. The van der Waals surface area contributed by atoms with Crippen molar-refractivity contribution >= 4 is 0 Å². The highest BCUT2D eigenvalue weighted by Gasteiger charge is 2.15. The van der Waals surface area contributed by atoms with Crippen molar-refractivity contribution in [3.63, 3.8) is 0 Å². The number of nitrogens with zero attached hydrogens (tertiary/aromatic N) is 1. The van der Waals surface area contributed by atoms with Crippen LogP contribution in [0.15, 0.2) is 24.3 Å². The van der Waals surface area contributed by atoms with E-state index < -0.39 is 0 Å². The second-order valence-corrected chi connectivity index (χ2v) is 5.62. The lowest BCUT2D eigenvalue weighted by Crippen LogP contribution is -2.32. The Kier molecular flexibility index (Phi) is 6.34. The molecular formula is C17H28N2O. The molecule has 2 rings (SSSR count). The predicted octanol–water partition coefficient (Wildman–Crippen LogP) is 2.70. The Morgan fingerprint density at radius 1 is 1.30 bits per heavy atom. The van der Waals surface area contributed by atoms with Gasteiger partial charge in [-0.2, -0.15) is 0 Å². The van der Waals surface area contributed by atoms with Crippen LogP contribution in [0.5, 0.6) is 5.75 Å². The van der Waals surface area contributed by atoms with Crippen LogP contribution in [0.25, 0.3) is 0 Å². The Morgan fingerprint density at radius 3 is 3.00 bits per heavy atom. The summed E-state index contributed by atoms with van der Waals surface area (Å²) in [6.07, 6.45) is 5.00. The summed E-state index contributed by atoms with van der Waals surface area (Å²) in [4.78, 5) is 2.56. The lowest BCUT2D eigenvalue weighted by Gasteiger charge is -2.18. The van der Waals surface area contributed by atoms with Crippen LogP contribution in [-0.2, 0) is 6.42 Å². The molecule has 0 saturated carbocycles. The average Bonchev–Trinajstić information content (AvgIpc) is 2.73. The Bertz CT molecular complexity index is 394. The zero-order chi connectivity index (χ0) is 14.2. The van der Waals surface area contributed by atoms with E-state index in [1.165, 1.54) is 44.5 Å². The number of benzene rings is 1. The topological polar surface area (TPSA) is 24.5 Å². The van der Waals surface area contributed by atoms with Crippen molar-refractivity contribution in [1.29, 1.82) is 0 Å². The van der Waals surface area contributed by atoms with Crippen LogP contribution in [0.3, 0.4) is 0 Å². The van der Waals surface area contributed by atoms with E-state index in [9.17, 15) is 0 Å². The molecule has 0 aromatic heterocycles. The molecule has 0 amide bonds. The van der Waals surface area contributed by atoms with E-state index in [1.54, 1.807) is 7.11 Å². The fraction of sp³-hybridized carbons (Fsp3) is 0.647. The van der Waals surface area contributed by atoms with E-state index >= 15 is 0 Å². The van der Waals surface area contributed by atoms with Crippen molar-refractivity contribution in [3.05, 3.63) is 29.8 Å². The molecule has 1 N–H and O–H groups in total. The van der Waals surface area contributed by atoms with Crippen LogP contribution in [-0.4, -0.2) is 44.2 Å². The lowest BCUT2D eigenvalue weighted by atomic mass is 10.1. The van der Waals surface area contributed by atoms with Gasteiger partial charge in [0.2, 0.25) is 0 Å². The first-order valence-corrected chi connectivity index (χ1v) is 7.90. The van der Waals surface area contributed by atoms with Crippen LogP contribution < -0.4 is 10.1 Å². The predicted molar refractivity (Wildman–Crippen MR) is 84.5 cm³/mol. The first-order valence-electron chi connectivity index (χ1n) is 7.90. The number of likely N-dealkylation sites (tertiary alicyclic amines) is 1. The molecule has 1 fully saturated rings. The van der Waals surface area contributed by atoms with Crippen molar-refractivity contribution in [2.24, 2.45) is 0 Å². The Labute approximate surface area is 123 Å². The van der Waals surface area contributed by atoms with Crippen molar-refractivity contribution < 1.29 is 4.74 Å². The largest absolute Gasteiger partial charge is 0.497 e. The van der Waals surface area contributed by atoms with Crippen molar-refractivity contribution in [2.75, 3.05) is 33.3 Å². The normalized spacial score (nSPS) is 20.6. The molecule has 0 bridgehead atoms. The molecule has 1 aromatic rings. The van der Waals surface area contributed by atoms with E-state index in [0.717, 1.165) is 18.7 Å². The summed E-state index contributed by atoms with van der Waals surface area (Å²) in [5.74, 6) is 0.954. The standard InChI is InChI=1S/C17H28N2O/c1-3-19-12-5-7-16(10-13-19)18-11-9-15-6-4-8-17(14-15)20-2/h4,6,8,14,16,18H,3,5,7,9-13H2,1-2H3. The third-order valence-electron chi connectivity index (χ3n) is 4.25. The Hall–Kier alpha value is -1.06. The Morgan fingerprint density at radius 2 is 2.20 bits per heavy atom. The summed E-state index contributed by atoms with van der Waals surface area (Å²) in [5, 5.41) is 3.72. The molecule has 20 heavy (non-hydrogen) atoms. The van der Waals surface area contributed by atoms with Gasteiger partial charge < -0.3 is 15.0 Å². The van der Waals surface area contributed by atoms with Gasteiger partial charge in [-0.1, -0.05) is 19.1 Å². The van der Waals surface area contributed by atoms with Gasteiger partial charge in [0.25, 0.3) is 0 Å². The summed E-state index contributed by atoms with van der Waals surface area (Å²) in [7, 11) is 1.72. The molecule has 1 aromatic carbocycles. The monoisotopic (exact) mass is 276 g/mol. The number of hydrogen-bond donors (Lipinski definition) is 1. The summed E-state index contributed by atoms with van der Waals surface area (Å²) < 4.78 is 5.27. The fourth-order valence-electron chi connectivity index (χ4n) is 2.92. The quantitative estimate of drug-likeness (QED) is 0.864. The molecule has 1 aliphatic rings. The van der Waals surface area contributed by atoms with E-state index in [1.807, 2.05) is 6.07 Å². The molecule has 0 aliphatic carbocycles. The molecule has 1 unspecified atom stereocenters. The first kappa shape index (κ1) is 15.3. The molecule has 0 spiro atoms. The van der Waals surface area contributed by atoms with Gasteiger partial charge >= 0.3 is 0 Å². The van der Waals surface area contributed by atoms with Gasteiger partial charge in [0.05, 0.1) is 7.11 Å². The van der Waals surface area contributed by atoms with Gasteiger partial charge in [-0.15, -0.1) is 0 Å². The number of ether oxygens (including phenoxy) is 1. The van der Waals surface area contributed by atoms with Crippen LogP contribution >= 0.6 is 0 Å². The summed E-state index contributed by atoms with van der Waals surface area (Å²) in [6, 6.07) is 9.07. The highest BCUT2D eigenvalue weighted by molar-refractivity contribution is 5.28. The van der Waals surface area contributed by atoms with Crippen LogP contribution in [0.2, 0.25) is 0 Å². The highest BCUT2D eigenvalue weighted by Crippen LogP contribution is 2.14. The number of methoxy groups -OCH3 is 1. The second-order valence-electron chi connectivity index (χ2n) is 5.62. The second kappa shape index (κ2) is 8.28. The van der Waals surface area contributed by atoms with Gasteiger partial charge in [0, 0.05) is 6.04 Å². The van der Waals surface area contributed by atoms with Gasteiger partial charge in [-0.3, -0.25) is 0 Å². The fourth-order valence-corrected chi connectivity index (χ4v) is 2.92. The summed E-state index contributed by atoms with van der Waals surface area (Å²) in [5.41, 5.74) is 1.35. The van der Waals surface area contributed by atoms with Crippen molar-refractivity contribution in [1.82, 2.24) is 10.2 Å². The highest BCUT2D eigenvalue weighted by atomic mass is 16.5. The van der Waals surface area contributed by atoms with Gasteiger partial charge in [0.15, 0.2) is 0 Å². The maximum absolute atomic E-state index is 5.27. The Balaban J connectivity index is 1.72. The zero-order valence-corrected chi connectivity index (χ0v) is 12.9. The minimum Gasteiger partial charge on any atom is -0.497 e. The van der Waals surface area contributed by atoms with Crippen molar-refractivity contribution in [3.8, 4) is 5.75 Å². The average molecular weight is 276 g/mol. The van der Waals surface area contributed by atoms with E-state index in [2.05, 4.69) is 35.3 Å². The third kappa shape index (κ3) is 4.80. The van der Waals surface area contributed by atoms with Gasteiger partial charge in [-0.05, 0) is 69.6 Å². The van der Waals surface area contributed by atoms with E-state index in [-0.39, 0.29) is 0 Å². The third-order valence-corrected chi connectivity index (χ3v) is 4.25. The maximum atomic E-state index is 5.27. The number of nitrogens with one attached hydrogen (secondary N) is 1. The minimum absolute atomic E-state index is 0.692. The molecule has 1 atom stereocenters. The molecule has 3 nitrogen and oxygen atoms in total. The van der Waals surface area contributed by atoms with Gasteiger partial charge in [0.1, 0.15) is 5.75 Å². The molecule has 1 heterocycles. The first-order chi connectivity index (χ1) is 9.81. The zero-order valence-electron chi connectivity index (χ0n) is 12.9. The van der Waals surface area contributed by atoms with E-state index in [0.29, 0.717) is 6.04 Å². The van der Waals surface area contributed by atoms with E-state index in [4.69, 9.17) is 4.74 Å². The number of hydrogen-bond acceptors (Lipinski definition) is 3. The molecule has 3 heteroatoms.